The van der Waals surface area contributed by atoms with Crippen LogP contribution in [0.4, 0.5) is 4.39 Å². The van der Waals surface area contributed by atoms with Crippen molar-refractivity contribution in [2.45, 2.75) is 52.1 Å². The fourth-order valence-electron chi connectivity index (χ4n) is 5.16. The quantitative estimate of drug-likeness (QED) is 0.232. The van der Waals surface area contributed by atoms with Crippen molar-refractivity contribution in [1.82, 2.24) is 4.90 Å². The van der Waals surface area contributed by atoms with E-state index in [0.717, 1.165) is 46.9 Å². The number of benzene rings is 3. The molecule has 1 aliphatic rings. The molecule has 0 spiro atoms. The second-order valence-electron chi connectivity index (χ2n) is 10.0. The Morgan fingerprint density at radius 3 is 2.32 bits per heavy atom. The van der Waals surface area contributed by atoms with Crippen molar-refractivity contribution >= 4 is 44.7 Å². The van der Waals surface area contributed by atoms with Gasteiger partial charge in [0.25, 0.3) is 5.91 Å². The first kappa shape index (κ1) is 25.6. The minimum absolute atomic E-state index is 0.00204. The minimum atomic E-state index is -0.339. The second kappa shape index (κ2) is 10.8. The summed E-state index contributed by atoms with van der Waals surface area (Å²) >= 11 is 8.10. The monoisotopic (exact) mass is 533 g/mol. The molecule has 6 heteroatoms. The number of rotatable bonds is 6. The molecule has 1 saturated carbocycles. The molecule has 1 heterocycles. The van der Waals surface area contributed by atoms with Crippen molar-refractivity contribution in [3.8, 4) is 11.1 Å². The van der Waals surface area contributed by atoms with E-state index in [1.54, 1.807) is 18.2 Å². The van der Waals surface area contributed by atoms with Gasteiger partial charge in [0, 0.05) is 33.8 Å². The Hall–Kier alpha value is -3.02. The van der Waals surface area contributed by atoms with Crippen LogP contribution in [0.25, 0.3) is 21.2 Å². The van der Waals surface area contributed by atoms with Gasteiger partial charge in [-0.25, -0.2) is 4.39 Å². The summed E-state index contributed by atoms with van der Waals surface area (Å²) in [6.07, 6.45) is 3.87. The highest BCUT2D eigenvalue weighted by molar-refractivity contribution is 7.21. The average Bonchev–Trinajstić information content (AvgIpc) is 3.25. The SMILES string of the molecule is CC(=O)c1ccc(-c2ccc(F)c(CN(C(=O)c3sc4ccccc4c3Cl)C3CCC(C)CC3)c2)cc1. The number of carbonyl (C=O) groups is 2. The first-order valence-electron chi connectivity index (χ1n) is 12.7. The summed E-state index contributed by atoms with van der Waals surface area (Å²) in [5.41, 5.74) is 2.84. The maximum Gasteiger partial charge on any atom is 0.266 e. The van der Waals surface area contributed by atoms with Crippen LogP contribution in [-0.2, 0) is 6.54 Å². The van der Waals surface area contributed by atoms with Gasteiger partial charge in [-0.1, -0.05) is 67.1 Å². The Balaban J connectivity index is 1.50. The molecule has 3 aromatic carbocycles. The summed E-state index contributed by atoms with van der Waals surface area (Å²) in [6.45, 7) is 3.95. The van der Waals surface area contributed by atoms with Crippen LogP contribution >= 0.6 is 22.9 Å². The molecule has 3 nitrogen and oxygen atoms in total. The van der Waals surface area contributed by atoms with E-state index >= 15 is 4.39 Å². The summed E-state index contributed by atoms with van der Waals surface area (Å²) in [6, 6.07) is 20.1. The average molecular weight is 534 g/mol. The number of thiophene rings is 1. The first-order chi connectivity index (χ1) is 17.8. The lowest BCUT2D eigenvalue weighted by Crippen LogP contribution is -2.41. The molecule has 0 saturated heterocycles. The molecular formula is C31H29ClFNO2S. The molecule has 1 amide bonds. The summed E-state index contributed by atoms with van der Waals surface area (Å²) in [5, 5.41) is 1.34. The van der Waals surface area contributed by atoms with Gasteiger partial charge in [-0.3, -0.25) is 9.59 Å². The van der Waals surface area contributed by atoms with Gasteiger partial charge in [-0.2, -0.15) is 0 Å². The molecule has 4 aromatic rings. The number of carbonyl (C=O) groups excluding carboxylic acids is 2. The Bertz CT molecular complexity index is 1450. The molecule has 1 aliphatic carbocycles. The van der Waals surface area contributed by atoms with Crippen molar-refractivity contribution in [3.05, 3.63) is 93.6 Å². The zero-order valence-electron chi connectivity index (χ0n) is 21.0. The van der Waals surface area contributed by atoms with Crippen molar-refractivity contribution in [2.24, 2.45) is 5.92 Å². The number of hydrogen-bond donors (Lipinski definition) is 0. The largest absolute Gasteiger partial charge is 0.330 e. The standard InChI is InChI=1S/C31H29ClFNO2S/c1-19-7-14-25(15-8-19)34(31(36)30-29(32)26-5-3-4-6-28(26)37-30)18-24-17-23(13-16-27(24)33)22-11-9-21(10-12-22)20(2)35/h3-6,9-13,16-17,19,25H,7-8,14-15,18H2,1-2H3. The van der Waals surface area contributed by atoms with E-state index in [1.165, 1.54) is 24.3 Å². The summed E-state index contributed by atoms with van der Waals surface area (Å²) < 4.78 is 16.1. The van der Waals surface area contributed by atoms with Crippen LogP contribution in [0.5, 0.6) is 0 Å². The summed E-state index contributed by atoms with van der Waals surface area (Å²) in [7, 11) is 0. The van der Waals surface area contributed by atoms with E-state index in [9.17, 15) is 9.59 Å². The molecule has 1 aromatic heterocycles. The van der Waals surface area contributed by atoms with Gasteiger partial charge in [0.05, 0.1) is 5.02 Å². The zero-order valence-corrected chi connectivity index (χ0v) is 22.5. The van der Waals surface area contributed by atoms with Gasteiger partial charge in [-0.15, -0.1) is 11.3 Å². The lowest BCUT2D eigenvalue weighted by molar-refractivity contribution is 0.0596. The fraction of sp³-hybridized carbons (Fsp3) is 0.290. The van der Waals surface area contributed by atoms with E-state index in [-0.39, 0.29) is 30.1 Å². The Labute approximate surface area is 225 Å². The number of fused-ring (bicyclic) bond motifs is 1. The molecule has 0 unspecified atom stereocenters. The number of halogens is 2. The third kappa shape index (κ3) is 5.34. The molecule has 0 radical (unpaired) electrons. The number of hydrogen-bond acceptors (Lipinski definition) is 3. The third-order valence-electron chi connectivity index (χ3n) is 7.43. The smallest absolute Gasteiger partial charge is 0.266 e. The lowest BCUT2D eigenvalue weighted by atomic mass is 9.86. The summed E-state index contributed by atoms with van der Waals surface area (Å²) in [4.78, 5) is 28.0. The molecular weight excluding hydrogens is 505 g/mol. The normalized spacial score (nSPS) is 17.6. The van der Waals surface area contributed by atoms with Crippen LogP contribution in [0.15, 0.2) is 66.7 Å². The maximum atomic E-state index is 15.2. The Morgan fingerprint density at radius 2 is 1.65 bits per heavy atom. The highest BCUT2D eigenvalue weighted by atomic mass is 35.5. The van der Waals surface area contributed by atoms with Crippen LogP contribution in [0.3, 0.4) is 0 Å². The molecule has 0 bridgehead atoms. The molecule has 1 fully saturated rings. The van der Waals surface area contributed by atoms with Gasteiger partial charge in [0.15, 0.2) is 5.78 Å². The summed E-state index contributed by atoms with van der Waals surface area (Å²) in [5.74, 6) is 0.149. The van der Waals surface area contributed by atoms with E-state index in [0.29, 0.717) is 26.9 Å². The minimum Gasteiger partial charge on any atom is -0.330 e. The van der Waals surface area contributed by atoms with E-state index in [4.69, 9.17) is 11.6 Å². The van der Waals surface area contributed by atoms with Crippen LogP contribution in [-0.4, -0.2) is 22.6 Å². The maximum absolute atomic E-state index is 15.2. The van der Waals surface area contributed by atoms with Gasteiger partial charge < -0.3 is 4.90 Å². The van der Waals surface area contributed by atoms with Gasteiger partial charge in [0.1, 0.15) is 10.7 Å². The van der Waals surface area contributed by atoms with Gasteiger partial charge in [0.2, 0.25) is 0 Å². The molecule has 190 valence electrons. The zero-order chi connectivity index (χ0) is 26.1. The number of amides is 1. The topological polar surface area (TPSA) is 37.4 Å². The molecule has 37 heavy (non-hydrogen) atoms. The highest BCUT2D eigenvalue weighted by Gasteiger charge is 2.31. The van der Waals surface area contributed by atoms with Crippen LogP contribution in [0.2, 0.25) is 5.02 Å². The van der Waals surface area contributed by atoms with E-state index < -0.39 is 0 Å². The third-order valence-corrected chi connectivity index (χ3v) is 9.09. The Kier molecular flexibility index (Phi) is 7.45. The van der Waals surface area contributed by atoms with Crippen molar-refractivity contribution in [3.63, 3.8) is 0 Å². The molecule has 0 N–H and O–H groups in total. The van der Waals surface area contributed by atoms with Crippen molar-refractivity contribution in [1.29, 1.82) is 0 Å². The Morgan fingerprint density at radius 1 is 0.973 bits per heavy atom. The lowest BCUT2D eigenvalue weighted by Gasteiger charge is -2.36. The van der Waals surface area contributed by atoms with Crippen LogP contribution in [0.1, 0.15) is 65.1 Å². The predicted octanol–water partition coefficient (Wildman–Crippen LogP) is 8.78. The predicted molar refractivity (Wildman–Crippen MR) is 150 cm³/mol. The molecule has 0 atom stereocenters. The van der Waals surface area contributed by atoms with Crippen molar-refractivity contribution in [2.75, 3.05) is 0 Å². The molecule has 5 rings (SSSR count). The number of ketones is 1. The second-order valence-corrected chi connectivity index (χ2v) is 11.5. The van der Waals surface area contributed by atoms with E-state index in [2.05, 4.69) is 6.92 Å². The van der Waals surface area contributed by atoms with Gasteiger partial charge >= 0.3 is 0 Å². The fourth-order valence-corrected chi connectivity index (χ4v) is 6.63. The van der Waals surface area contributed by atoms with Crippen LogP contribution < -0.4 is 0 Å². The van der Waals surface area contributed by atoms with Gasteiger partial charge in [-0.05, 0) is 67.9 Å². The first-order valence-corrected chi connectivity index (χ1v) is 13.9. The van der Waals surface area contributed by atoms with Crippen LogP contribution in [0, 0.1) is 11.7 Å². The van der Waals surface area contributed by atoms with E-state index in [1.807, 2.05) is 47.4 Å². The number of Topliss-reactive ketones (excluding diaryl/α,β-unsaturated/α-hetero) is 1. The highest BCUT2D eigenvalue weighted by Crippen LogP contribution is 2.38. The molecule has 0 aliphatic heterocycles. The van der Waals surface area contributed by atoms with Crippen molar-refractivity contribution < 1.29 is 14.0 Å². The number of nitrogens with zero attached hydrogens (tertiary/aromatic N) is 1.